The lowest BCUT2D eigenvalue weighted by Crippen LogP contribution is -2.44. The largest absolute Gasteiger partial charge is 0.371 e. The van der Waals surface area contributed by atoms with Gasteiger partial charge in [-0.2, -0.15) is 0 Å². The molecule has 0 aliphatic carbocycles. The SMILES string of the molecule is Cc1ccccc1CNC(=O)CN1CCOC(c2ccc(F)cc2)C1. The zero-order chi connectivity index (χ0) is 17.6. The van der Waals surface area contributed by atoms with Gasteiger partial charge in [0, 0.05) is 19.6 Å². The molecule has 1 atom stereocenters. The quantitative estimate of drug-likeness (QED) is 0.908. The molecular formula is C20H23FN2O2. The molecule has 1 fully saturated rings. The molecule has 1 amide bonds. The van der Waals surface area contributed by atoms with Gasteiger partial charge in [0.2, 0.25) is 5.91 Å². The fraction of sp³-hybridized carbons (Fsp3) is 0.350. The van der Waals surface area contributed by atoms with E-state index < -0.39 is 0 Å². The standard InChI is InChI=1S/C20H23FN2O2/c1-15-4-2-3-5-17(15)12-22-20(24)14-23-10-11-25-19(13-23)16-6-8-18(21)9-7-16/h2-9,19H,10-14H2,1H3,(H,22,24). The molecule has 1 unspecified atom stereocenters. The summed E-state index contributed by atoms with van der Waals surface area (Å²) in [6.07, 6.45) is -0.126. The predicted octanol–water partition coefficient (Wildman–Crippen LogP) is 2.82. The van der Waals surface area contributed by atoms with Crippen molar-refractivity contribution in [1.29, 1.82) is 0 Å². The molecule has 0 saturated carbocycles. The highest BCUT2D eigenvalue weighted by Gasteiger charge is 2.23. The van der Waals surface area contributed by atoms with Crippen molar-refractivity contribution < 1.29 is 13.9 Å². The molecule has 1 saturated heterocycles. The molecule has 0 spiro atoms. The van der Waals surface area contributed by atoms with Crippen LogP contribution >= 0.6 is 0 Å². The molecule has 3 rings (SSSR count). The van der Waals surface area contributed by atoms with Gasteiger partial charge in [-0.05, 0) is 35.7 Å². The number of ether oxygens (including phenoxy) is 1. The van der Waals surface area contributed by atoms with Crippen LogP contribution in [-0.4, -0.2) is 37.0 Å². The van der Waals surface area contributed by atoms with E-state index in [9.17, 15) is 9.18 Å². The van der Waals surface area contributed by atoms with E-state index in [1.54, 1.807) is 12.1 Å². The lowest BCUT2D eigenvalue weighted by Gasteiger charge is -2.32. The maximum absolute atomic E-state index is 13.1. The third kappa shape index (κ3) is 4.87. The van der Waals surface area contributed by atoms with Crippen molar-refractivity contribution in [3.63, 3.8) is 0 Å². The average Bonchev–Trinajstić information content (AvgIpc) is 2.62. The number of nitrogens with zero attached hydrogens (tertiary/aromatic N) is 1. The molecule has 2 aromatic rings. The first-order chi connectivity index (χ1) is 12.1. The zero-order valence-corrected chi connectivity index (χ0v) is 14.4. The maximum atomic E-state index is 13.1. The van der Waals surface area contributed by atoms with Crippen LogP contribution in [0.3, 0.4) is 0 Å². The van der Waals surface area contributed by atoms with Gasteiger partial charge in [-0.25, -0.2) is 4.39 Å². The molecular weight excluding hydrogens is 319 g/mol. The first-order valence-electron chi connectivity index (χ1n) is 8.52. The zero-order valence-electron chi connectivity index (χ0n) is 14.4. The summed E-state index contributed by atoms with van der Waals surface area (Å²) in [4.78, 5) is 14.3. The lowest BCUT2D eigenvalue weighted by molar-refractivity contribution is -0.124. The van der Waals surface area contributed by atoms with Gasteiger partial charge in [0.05, 0.1) is 19.3 Å². The Hall–Kier alpha value is -2.24. The number of morpholine rings is 1. The monoisotopic (exact) mass is 342 g/mol. The van der Waals surface area contributed by atoms with Crippen molar-refractivity contribution in [3.8, 4) is 0 Å². The summed E-state index contributed by atoms with van der Waals surface area (Å²) in [6.45, 7) is 4.83. The van der Waals surface area contributed by atoms with Gasteiger partial charge in [0.1, 0.15) is 5.82 Å². The average molecular weight is 342 g/mol. The van der Waals surface area contributed by atoms with Crippen LogP contribution in [0.5, 0.6) is 0 Å². The van der Waals surface area contributed by atoms with Crippen molar-refractivity contribution in [2.75, 3.05) is 26.2 Å². The first kappa shape index (κ1) is 17.6. The second-order valence-electron chi connectivity index (χ2n) is 6.35. The summed E-state index contributed by atoms with van der Waals surface area (Å²) < 4.78 is 18.8. The minimum atomic E-state index is -0.257. The molecule has 5 heteroatoms. The lowest BCUT2D eigenvalue weighted by atomic mass is 10.1. The van der Waals surface area contributed by atoms with Gasteiger partial charge in [0.25, 0.3) is 0 Å². The second-order valence-corrected chi connectivity index (χ2v) is 6.35. The van der Waals surface area contributed by atoms with Crippen LogP contribution in [0.25, 0.3) is 0 Å². The molecule has 2 aromatic carbocycles. The number of benzene rings is 2. The number of carbonyl (C=O) groups excluding carboxylic acids is 1. The van der Waals surface area contributed by atoms with Crippen LogP contribution in [0.2, 0.25) is 0 Å². The van der Waals surface area contributed by atoms with Crippen molar-refractivity contribution in [3.05, 3.63) is 71.0 Å². The number of carbonyl (C=O) groups is 1. The van der Waals surface area contributed by atoms with E-state index in [-0.39, 0.29) is 17.8 Å². The van der Waals surface area contributed by atoms with Crippen LogP contribution in [0.1, 0.15) is 22.8 Å². The summed E-state index contributed by atoms with van der Waals surface area (Å²) >= 11 is 0. The summed E-state index contributed by atoms with van der Waals surface area (Å²) in [5.74, 6) is -0.255. The molecule has 0 bridgehead atoms. The Morgan fingerprint density at radius 1 is 1.24 bits per heavy atom. The number of halogens is 1. The third-order valence-electron chi connectivity index (χ3n) is 4.50. The van der Waals surface area contributed by atoms with Crippen LogP contribution in [-0.2, 0) is 16.1 Å². The Bertz CT molecular complexity index is 718. The molecule has 132 valence electrons. The number of aryl methyl sites for hydroxylation is 1. The van der Waals surface area contributed by atoms with E-state index in [0.717, 1.165) is 17.7 Å². The Morgan fingerprint density at radius 2 is 2.00 bits per heavy atom. The Morgan fingerprint density at radius 3 is 2.76 bits per heavy atom. The van der Waals surface area contributed by atoms with E-state index >= 15 is 0 Å². The van der Waals surface area contributed by atoms with Crippen molar-refractivity contribution in [1.82, 2.24) is 10.2 Å². The summed E-state index contributed by atoms with van der Waals surface area (Å²) in [5, 5.41) is 2.98. The van der Waals surface area contributed by atoms with Crippen molar-refractivity contribution in [2.45, 2.75) is 19.6 Å². The van der Waals surface area contributed by atoms with Gasteiger partial charge in [-0.1, -0.05) is 36.4 Å². The van der Waals surface area contributed by atoms with Crippen LogP contribution in [0.15, 0.2) is 48.5 Å². The van der Waals surface area contributed by atoms with Crippen LogP contribution in [0.4, 0.5) is 4.39 Å². The second kappa shape index (κ2) is 8.23. The smallest absolute Gasteiger partial charge is 0.234 e. The Kier molecular flexibility index (Phi) is 5.79. The molecule has 0 aromatic heterocycles. The van der Waals surface area contributed by atoms with E-state index in [0.29, 0.717) is 26.2 Å². The van der Waals surface area contributed by atoms with Gasteiger partial charge in [-0.3, -0.25) is 9.69 Å². The van der Waals surface area contributed by atoms with Crippen LogP contribution in [0, 0.1) is 12.7 Å². The van der Waals surface area contributed by atoms with E-state index in [4.69, 9.17) is 4.74 Å². The molecule has 0 radical (unpaired) electrons. The highest BCUT2D eigenvalue weighted by molar-refractivity contribution is 5.78. The molecule has 1 heterocycles. The molecule has 4 nitrogen and oxygen atoms in total. The number of hydrogen-bond donors (Lipinski definition) is 1. The molecule has 1 aliphatic rings. The number of amides is 1. The van der Waals surface area contributed by atoms with Gasteiger partial charge in [0.15, 0.2) is 0 Å². The maximum Gasteiger partial charge on any atom is 0.234 e. The fourth-order valence-electron chi connectivity index (χ4n) is 2.99. The molecule has 1 aliphatic heterocycles. The Balaban J connectivity index is 1.51. The normalized spacial score (nSPS) is 18.1. The minimum Gasteiger partial charge on any atom is -0.371 e. The topological polar surface area (TPSA) is 41.6 Å². The van der Waals surface area contributed by atoms with E-state index in [1.165, 1.54) is 17.7 Å². The Labute approximate surface area is 147 Å². The minimum absolute atomic E-state index is 0.00279. The summed E-state index contributed by atoms with van der Waals surface area (Å²) in [7, 11) is 0. The van der Waals surface area contributed by atoms with E-state index in [1.807, 2.05) is 31.2 Å². The first-order valence-corrected chi connectivity index (χ1v) is 8.52. The highest BCUT2D eigenvalue weighted by atomic mass is 19.1. The summed E-state index contributed by atoms with van der Waals surface area (Å²) in [6, 6.07) is 14.4. The van der Waals surface area contributed by atoms with Gasteiger partial charge < -0.3 is 10.1 Å². The van der Waals surface area contributed by atoms with E-state index in [2.05, 4.69) is 10.2 Å². The number of rotatable bonds is 5. The van der Waals surface area contributed by atoms with Gasteiger partial charge in [-0.15, -0.1) is 0 Å². The highest BCUT2D eigenvalue weighted by Crippen LogP contribution is 2.22. The van der Waals surface area contributed by atoms with Crippen molar-refractivity contribution in [2.24, 2.45) is 0 Å². The van der Waals surface area contributed by atoms with Crippen LogP contribution < -0.4 is 5.32 Å². The predicted molar refractivity (Wildman–Crippen MR) is 94.6 cm³/mol. The third-order valence-corrected chi connectivity index (χ3v) is 4.50. The molecule has 25 heavy (non-hydrogen) atoms. The van der Waals surface area contributed by atoms with Crippen molar-refractivity contribution >= 4 is 5.91 Å². The number of hydrogen-bond acceptors (Lipinski definition) is 3. The molecule has 1 N–H and O–H groups in total. The number of nitrogens with one attached hydrogen (secondary N) is 1. The summed E-state index contributed by atoms with van der Waals surface area (Å²) in [5.41, 5.74) is 3.24. The van der Waals surface area contributed by atoms with Gasteiger partial charge >= 0.3 is 0 Å². The fourth-order valence-corrected chi connectivity index (χ4v) is 2.99.